The normalized spacial score (nSPS) is 11.4. The van der Waals surface area contributed by atoms with Crippen LogP contribution in [0.1, 0.15) is 31.1 Å². The summed E-state index contributed by atoms with van der Waals surface area (Å²) in [6.07, 6.45) is 0. The molecule has 5 heteroatoms. The summed E-state index contributed by atoms with van der Waals surface area (Å²) in [6, 6.07) is 7.32. The summed E-state index contributed by atoms with van der Waals surface area (Å²) in [5.41, 5.74) is 1.16. The van der Waals surface area contributed by atoms with E-state index in [0.29, 0.717) is 5.56 Å². The Bertz CT molecular complexity index is 663. The predicted octanol–water partition coefficient (Wildman–Crippen LogP) is 3.99. The van der Waals surface area contributed by atoms with Crippen LogP contribution < -0.4 is 5.32 Å². The molecule has 0 unspecified atom stereocenters. The van der Waals surface area contributed by atoms with Crippen LogP contribution in [0, 0.1) is 0 Å². The van der Waals surface area contributed by atoms with E-state index in [4.69, 9.17) is 4.74 Å². The van der Waals surface area contributed by atoms with Crippen LogP contribution in [0.5, 0.6) is 0 Å². The molecule has 0 fully saturated rings. The maximum atomic E-state index is 11.6. The molecule has 1 N–H and O–H groups in total. The highest BCUT2D eigenvalue weighted by atomic mass is 79.9. The average Bonchev–Trinajstić information content (AvgIpc) is 2.36. The fraction of sp³-hybridized carbons (Fsp3) is 0.333. The third-order valence-corrected chi connectivity index (χ3v) is 3.29. The lowest BCUT2D eigenvalue weighted by Crippen LogP contribution is -2.26. The number of carbonyl (C=O) groups excluding carboxylic acids is 1. The number of carbonyl (C=O) groups is 1. The Balaban J connectivity index is 2.51. The van der Waals surface area contributed by atoms with Crippen LogP contribution in [-0.2, 0) is 4.74 Å². The molecule has 0 atom stereocenters. The van der Waals surface area contributed by atoms with Gasteiger partial charge in [0.05, 0.1) is 22.7 Å². The summed E-state index contributed by atoms with van der Waals surface area (Å²) in [5, 5.41) is 4.29. The largest absolute Gasteiger partial charge is 0.465 e. The first-order valence-corrected chi connectivity index (χ1v) is 7.06. The molecule has 20 heavy (non-hydrogen) atoms. The highest BCUT2D eigenvalue weighted by molar-refractivity contribution is 9.10. The zero-order valence-corrected chi connectivity index (χ0v) is 13.5. The number of hydrogen-bond donors (Lipinski definition) is 1. The first-order chi connectivity index (χ1) is 9.30. The minimum absolute atomic E-state index is 0.0941. The van der Waals surface area contributed by atoms with E-state index < -0.39 is 0 Å². The zero-order chi connectivity index (χ0) is 14.9. The van der Waals surface area contributed by atoms with Gasteiger partial charge in [-0.1, -0.05) is 6.07 Å². The van der Waals surface area contributed by atoms with Crippen LogP contribution in [-0.4, -0.2) is 23.6 Å². The average molecular weight is 337 g/mol. The molecule has 2 aromatic rings. The van der Waals surface area contributed by atoms with Gasteiger partial charge in [0.15, 0.2) is 0 Å². The molecule has 2 rings (SSSR count). The number of methoxy groups -OCH3 is 1. The molecule has 0 aliphatic rings. The maximum absolute atomic E-state index is 11.6. The van der Waals surface area contributed by atoms with Gasteiger partial charge in [-0.05, 0) is 54.9 Å². The lowest BCUT2D eigenvalue weighted by atomic mass is 10.1. The quantitative estimate of drug-likeness (QED) is 0.842. The number of fused-ring (bicyclic) bond motifs is 1. The van der Waals surface area contributed by atoms with Gasteiger partial charge in [0.1, 0.15) is 5.82 Å². The van der Waals surface area contributed by atoms with Crippen molar-refractivity contribution in [1.29, 1.82) is 0 Å². The number of hydrogen-bond acceptors (Lipinski definition) is 4. The number of rotatable bonds is 2. The van der Waals surface area contributed by atoms with E-state index >= 15 is 0 Å². The van der Waals surface area contributed by atoms with Gasteiger partial charge in [0.2, 0.25) is 0 Å². The second kappa shape index (κ2) is 5.40. The molecular weight excluding hydrogens is 320 g/mol. The Labute approximate surface area is 126 Å². The van der Waals surface area contributed by atoms with Crippen LogP contribution in [0.3, 0.4) is 0 Å². The number of esters is 1. The predicted molar refractivity (Wildman–Crippen MR) is 84.2 cm³/mol. The summed E-state index contributed by atoms with van der Waals surface area (Å²) >= 11 is 3.51. The fourth-order valence-corrected chi connectivity index (χ4v) is 2.26. The molecule has 0 radical (unpaired) electrons. The summed E-state index contributed by atoms with van der Waals surface area (Å²) < 4.78 is 5.62. The molecular formula is C15H17BrN2O2. The summed E-state index contributed by atoms with van der Waals surface area (Å²) in [6.45, 7) is 6.20. The maximum Gasteiger partial charge on any atom is 0.337 e. The third-order valence-electron chi connectivity index (χ3n) is 2.69. The van der Waals surface area contributed by atoms with Gasteiger partial charge in [0.25, 0.3) is 0 Å². The van der Waals surface area contributed by atoms with E-state index in [1.807, 2.05) is 12.1 Å². The topological polar surface area (TPSA) is 51.2 Å². The van der Waals surface area contributed by atoms with Crippen molar-refractivity contribution in [3.63, 3.8) is 0 Å². The molecule has 0 saturated carbocycles. The second-order valence-electron chi connectivity index (χ2n) is 5.59. The van der Waals surface area contributed by atoms with Crippen LogP contribution >= 0.6 is 15.9 Å². The monoisotopic (exact) mass is 336 g/mol. The van der Waals surface area contributed by atoms with E-state index in [-0.39, 0.29) is 11.5 Å². The Hall–Kier alpha value is -1.62. The summed E-state index contributed by atoms with van der Waals surface area (Å²) in [5.74, 6) is 0.397. The standard InChI is InChI=1S/C15H17BrN2O2/c1-15(2,3)18-13-11(16)7-9-5-6-10(14(19)20-4)8-12(9)17-13/h5-8H,1-4H3,(H,17,18). The number of aromatic nitrogens is 1. The number of halogens is 1. The van der Waals surface area contributed by atoms with Gasteiger partial charge < -0.3 is 10.1 Å². The smallest absolute Gasteiger partial charge is 0.337 e. The van der Waals surface area contributed by atoms with Crippen molar-refractivity contribution in [2.45, 2.75) is 26.3 Å². The highest BCUT2D eigenvalue weighted by Gasteiger charge is 2.14. The van der Waals surface area contributed by atoms with Crippen LogP contribution in [0.15, 0.2) is 28.7 Å². The van der Waals surface area contributed by atoms with Crippen molar-refractivity contribution < 1.29 is 9.53 Å². The molecule has 0 amide bonds. The fourth-order valence-electron chi connectivity index (χ4n) is 1.83. The highest BCUT2D eigenvalue weighted by Crippen LogP contribution is 2.28. The van der Waals surface area contributed by atoms with Gasteiger partial charge in [-0.2, -0.15) is 0 Å². The second-order valence-corrected chi connectivity index (χ2v) is 6.45. The first-order valence-electron chi connectivity index (χ1n) is 6.27. The first kappa shape index (κ1) is 14.8. The summed E-state index contributed by atoms with van der Waals surface area (Å²) in [7, 11) is 1.37. The van der Waals surface area contributed by atoms with Crippen molar-refractivity contribution in [2.75, 3.05) is 12.4 Å². The van der Waals surface area contributed by atoms with Crippen LogP contribution in [0.25, 0.3) is 10.9 Å². The lowest BCUT2D eigenvalue weighted by Gasteiger charge is -2.22. The van der Waals surface area contributed by atoms with Gasteiger partial charge in [0, 0.05) is 10.9 Å². The molecule has 0 saturated heterocycles. The molecule has 1 heterocycles. The van der Waals surface area contributed by atoms with Crippen molar-refractivity contribution >= 4 is 38.6 Å². The third kappa shape index (κ3) is 3.28. The Morgan fingerprint density at radius 2 is 2.00 bits per heavy atom. The van der Waals surface area contributed by atoms with Crippen molar-refractivity contribution in [2.24, 2.45) is 0 Å². The van der Waals surface area contributed by atoms with Crippen molar-refractivity contribution in [3.8, 4) is 0 Å². The molecule has 0 aliphatic carbocycles. The molecule has 0 bridgehead atoms. The number of nitrogens with zero attached hydrogens (tertiary/aromatic N) is 1. The van der Waals surface area contributed by atoms with E-state index in [0.717, 1.165) is 21.2 Å². The molecule has 1 aromatic heterocycles. The molecule has 1 aromatic carbocycles. The van der Waals surface area contributed by atoms with Gasteiger partial charge >= 0.3 is 5.97 Å². The number of anilines is 1. The van der Waals surface area contributed by atoms with Crippen molar-refractivity contribution in [3.05, 3.63) is 34.3 Å². The minimum atomic E-state index is -0.359. The van der Waals surface area contributed by atoms with Crippen LogP contribution in [0.2, 0.25) is 0 Å². The van der Waals surface area contributed by atoms with E-state index in [9.17, 15) is 4.79 Å². The Kier molecular flexibility index (Phi) is 3.99. The summed E-state index contributed by atoms with van der Waals surface area (Å²) in [4.78, 5) is 16.1. The van der Waals surface area contributed by atoms with Crippen molar-refractivity contribution in [1.82, 2.24) is 4.98 Å². The van der Waals surface area contributed by atoms with Gasteiger partial charge in [-0.15, -0.1) is 0 Å². The van der Waals surface area contributed by atoms with E-state index in [1.54, 1.807) is 12.1 Å². The molecule has 0 spiro atoms. The van der Waals surface area contributed by atoms with E-state index in [2.05, 4.69) is 47.0 Å². The zero-order valence-electron chi connectivity index (χ0n) is 12.0. The lowest BCUT2D eigenvalue weighted by molar-refractivity contribution is 0.0601. The minimum Gasteiger partial charge on any atom is -0.465 e. The number of benzene rings is 1. The Morgan fingerprint density at radius 1 is 1.30 bits per heavy atom. The van der Waals surface area contributed by atoms with Crippen LogP contribution in [0.4, 0.5) is 5.82 Å². The molecule has 0 aliphatic heterocycles. The number of ether oxygens (including phenoxy) is 1. The Morgan fingerprint density at radius 3 is 2.60 bits per heavy atom. The van der Waals surface area contributed by atoms with E-state index in [1.165, 1.54) is 7.11 Å². The van der Waals surface area contributed by atoms with Gasteiger partial charge in [-0.25, -0.2) is 9.78 Å². The number of nitrogens with one attached hydrogen (secondary N) is 1. The molecule has 106 valence electrons. The SMILES string of the molecule is COC(=O)c1ccc2cc(Br)c(NC(C)(C)C)nc2c1. The van der Waals surface area contributed by atoms with Gasteiger partial charge in [-0.3, -0.25) is 0 Å². The number of pyridine rings is 1. The molecule has 4 nitrogen and oxygen atoms in total.